The number of hydrogen-bond acceptors (Lipinski definition) is 5. The van der Waals surface area contributed by atoms with Crippen LogP contribution in [0, 0.1) is 0 Å². The van der Waals surface area contributed by atoms with E-state index in [1.54, 1.807) is 36.4 Å². The molecule has 1 N–H and O–H groups in total. The number of allylic oxidation sites excluding steroid dienone is 2. The summed E-state index contributed by atoms with van der Waals surface area (Å²) < 4.78 is 15.9. The fourth-order valence-electron chi connectivity index (χ4n) is 2.31. The second-order valence-corrected chi connectivity index (χ2v) is 4.88. The molecule has 0 unspecified atom stereocenters. The van der Waals surface area contributed by atoms with Crippen LogP contribution in [-0.2, 0) is 14.3 Å². The number of hydrogen-bond donors (Lipinski definition) is 1. The maximum atomic E-state index is 12.6. The van der Waals surface area contributed by atoms with Gasteiger partial charge in [-0.2, -0.15) is 0 Å². The lowest BCUT2D eigenvalue weighted by molar-refractivity contribution is -0.145. The van der Waals surface area contributed by atoms with Crippen LogP contribution in [0.1, 0.15) is 23.7 Å². The molecule has 0 saturated carbocycles. The van der Waals surface area contributed by atoms with E-state index >= 15 is 0 Å². The minimum atomic E-state index is -1.13. The molecule has 0 fully saturated rings. The summed E-state index contributed by atoms with van der Waals surface area (Å²) in [6.07, 6.45) is 6.07. The van der Waals surface area contributed by atoms with Gasteiger partial charge in [-0.3, -0.25) is 9.59 Å². The Labute approximate surface area is 134 Å². The molecule has 0 aliphatic heterocycles. The van der Waals surface area contributed by atoms with Crippen molar-refractivity contribution in [2.75, 3.05) is 14.2 Å². The molecule has 0 aromatic heterocycles. The number of para-hydroxylation sites is 1. The molecule has 6 heteroatoms. The van der Waals surface area contributed by atoms with Gasteiger partial charge in [0.1, 0.15) is 5.75 Å². The number of methoxy groups -OCH3 is 2. The van der Waals surface area contributed by atoms with Crippen LogP contribution in [0.5, 0.6) is 5.75 Å². The highest BCUT2D eigenvalue weighted by atomic mass is 16.7. The SMILES string of the molecule is COC1(OC)C=CCC=C1NC(=O)c1ccccc1OC(C)=O. The van der Waals surface area contributed by atoms with Crippen LogP contribution in [0.3, 0.4) is 0 Å². The minimum absolute atomic E-state index is 0.199. The summed E-state index contributed by atoms with van der Waals surface area (Å²) in [5, 5.41) is 2.77. The van der Waals surface area contributed by atoms with E-state index < -0.39 is 17.7 Å². The summed E-state index contributed by atoms with van der Waals surface area (Å²) in [4.78, 5) is 23.7. The molecule has 0 spiro atoms. The normalized spacial score (nSPS) is 15.7. The summed E-state index contributed by atoms with van der Waals surface area (Å²) in [5.74, 6) is -1.84. The standard InChI is InChI=1S/C17H19NO5/c1-12(19)23-14-9-5-4-8-13(14)16(20)18-15-10-6-7-11-17(15,21-2)22-3/h4-5,7-11H,6H2,1-3H3,(H,18,20). The maximum Gasteiger partial charge on any atom is 0.308 e. The molecular formula is C17H19NO5. The smallest absolute Gasteiger partial charge is 0.308 e. The van der Waals surface area contributed by atoms with Crippen molar-refractivity contribution in [1.82, 2.24) is 5.32 Å². The highest BCUT2D eigenvalue weighted by Gasteiger charge is 2.34. The second-order valence-electron chi connectivity index (χ2n) is 4.88. The lowest BCUT2D eigenvalue weighted by Crippen LogP contribution is -2.43. The summed E-state index contributed by atoms with van der Waals surface area (Å²) >= 11 is 0. The second kappa shape index (κ2) is 7.21. The Morgan fingerprint density at radius 3 is 2.52 bits per heavy atom. The molecular weight excluding hydrogens is 298 g/mol. The Kier molecular flexibility index (Phi) is 5.31. The van der Waals surface area contributed by atoms with E-state index in [4.69, 9.17) is 14.2 Å². The van der Waals surface area contributed by atoms with Gasteiger partial charge in [0, 0.05) is 21.1 Å². The number of amides is 1. The first-order chi connectivity index (χ1) is 11.0. The number of nitrogens with one attached hydrogen (secondary N) is 1. The predicted octanol–water partition coefficient (Wildman–Crippen LogP) is 2.17. The zero-order valence-corrected chi connectivity index (χ0v) is 13.3. The van der Waals surface area contributed by atoms with Crippen molar-refractivity contribution in [3.63, 3.8) is 0 Å². The third-order valence-electron chi connectivity index (χ3n) is 3.41. The van der Waals surface area contributed by atoms with Gasteiger partial charge in [-0.05, 0) is 24.6 Å². The van der Waals surface area contributed by atoms with Gasteiger partial charge < -0.3 is 19.5 Å². The maximum absolute atomic E-state index is 12.6. The van der Waals surface area contributed by atoms with Gasteiger partial charge >= 0.3 is 5.97 Å². The Morgan fingerprint density at radius 1 is 1.17 bits per heavy atom. The Hall–Kier alpha value is -2.44. The molecule has 0 atom stereocenters. The number of ether oxygens (including phenoxy) is 3. The predicted molar refractivity (Wildman–Crippen MR) is 83.8 cm³/mol. The number of rotatable bonds is 5. The molecule has 23 heavy (non-hydrogen) atoms. The summed E-state index contributed by atoms with van der Waals surface area (Å²) in [7, 11) is 2.98. The number of carbonyl (C=O) groups is 2. The highest BCUT2D eigenvalue weighted by molar-refractivity contribution is 5.98. The summed E-state index contributed by atoms with van der Waals surface area (Å²) in [6, 6.07) is 6.52. The van der Waals surface area contributed by atoms with Crippen molar-refractivity contribution in [1.29, 1.82) is 0 Å². The van der Waals surface area contributed by atoms with Gasteiger partial charge in [0.25, 0.3) is 5.91 Å². The first kappa shape index (κ1) is 16.9. The lowest BCUT2D eigenvalue weighted by Gasteiger charge is -2.32. The highest BCUT2D eigenvalue weighted by Crippen LogP contribution is 2.27. The van der Waals surface area contributed by atoms with Gasteiger partial charge in [-0.25, -0.2) is 0 Å². The molecule has 6 nitrogen and oxygen atoms in total. The molecule has 0 bridgehead atoms. The third kappa shape index (κ3) is 3.67. The average molecular weight is 317 g/mol. The van der Waals surface area contributed by atoms with E-state index in [0.717, 1.165) is 0 Å². The van der Waals surface area contributed by atoms with Crippen molar-refractivity contribution in [2.45, 2.75) is 19.1 Å². The van der Waals surface area contributed by atoms with E-state index in [1.807, 2.05) is 6.08 Å². The minimum Gasteiger partial charge on any atom is -0.426 e. The van der Waals surface area contributed by atoms with Crippen LogP contribution in [0.25, 0.3) is 0 Å². The molecule has 1 amide bonds. The molecule has 0 heterocycles. The van der Waals surface area contributed by atoms with E-state index in [2.05, 4.69) is 5.32 Å². The molecule has 1 aromatic rings. The number of carbonyl (C=O) groups excluding carboxylic acids is 2. The number of benzene rings is 1. The van der Waals surface area contributed by atoms with Crippen LogP contribution in [-0.4, -0.2) is 31.9 Å². The van der Waals surface area contributed by atoms with Gasteiger partial charge in [0.05, 0.1) is 11.3 Å². The largest absolute Gasteiger partial charge is 0.426 e. The van der Waals surface area contributed by atoms with Crippen LogP contribution < -0.4 is 10.1 Å². The van der Waals surface area contributed by atoms with Crippen LogP contribution in [0.15, 0.2) is 48.2 Å². The molecule has 1 aromatic carbocycles. The monoisotopic (exact) mass is 317 g/mol. The zero-order valence-electron chi connectivity index (χ0n) is 13.3. The lowest BCUT2D eigenvalue weighted by atomic mass is 10.0. The van der Waals surface area contributed by atoms with Gasteiger partial charge in [0.2, 0.25) is 5.79 Å². The van der Waals surface area contributed by atoms with Crippen molar-refractivity contribution in [3.05, 3.63) is 53.8 Å². The first-order valence-corrected chi connectivity index (χ1v) is 7.10. The molecule has 122 valence electrons. The average Bonchev–Trinajstić information content (AvgIpc) is 2.55. The Morgan fingerprint density at radius 2 is 1.87 bits per heavy atom. The van der Waals surface area contributed by atoms with E-state index in [1.165, 1.54) is 21.1 Å². The van der Waals surface area contributed by atoms with Crippen molar-refractivity contribution in [2.24, 2.45) is 0 Å². The fraction of sp³-hybridized carbons (Fsp3) is 0.294. The van der Waals surface area contributed by atoms with E-state index in [9.17, 15) is 9.59 Å². The Bertz CT molecular complexity index is 659. The quantitative estimate of drug-likeness (QED) is 0.390. The molecule has 2 rings (SSSR count). The van der Waals surface area contributed by atoms with Gasteiger partial charge in [0.15, 0.2) is 0 Å². The zero-order chi connectivity index (χ0) is 16.9. The molecule has 0 radical (unpaired) electrons. The van der Waals surface area contributed by atoms with Crippen LogP contribution >= 0.6 is 0 Å². The third-order valence-corrected chi connectivity index (χ3v) is 3.41. The summed E-state index contributed by atoms with van der Waals surface area (Å²) in [5.41, 5.74) is 0.729. The fourth-order valence-corrected chi connectivity index (χ4v) is 2.31. The van der Waals surface area contributed by atoms with Crippen molar-refractivity contribution >= 4 is 11.9 Å². The van der Waals surface area contributed by atoms with E-state index in [0.29, 0.717) is 12.1 Å². The molecule has 0 saturated heterocycles. The van der Waals surface area contributed by atoms with Crippen molar-refractivity contribution in [3.8, 4) is 5.75 Å². The Balaban J connectivity index is 2.25. The van der Waals surface area contributed by atoms with Crippen molar-refractivity contribution < 1.29 is 23.8 Å². The van der Waals surface area contributed by atoms with Crippen LogP contribution in [0.4, 0.5) is 0 Å². The molecule has 1 aliphatic carbocycles. The van der Waals surface area contributed by atoms with E-state index in [-0.39, 0.29) is 11.3 Å². The topological polar surface area (TPSA) is 73.9 Å². The number of esters is 1. The molecule has 1 aliphatic rings. The van der Waals surface area contributed by atoms with Gasteiger partial charge in [-0.1, -0.05) is 24.3 Å². The summed E-state index contributed by atoms with van der Waals surface area (Å²) in [6.45, 7) is 1.28. The van der Waals surface area contributed by atoms with Crippen LogP contribution in [0.2, 0.25) is 0 Å². The van der Waals surface area contributed by atoms with Gasteiger partial charge in [-0.15, -0.1) is 0 Å². The first-order valence-electron chi connectivity index (χ1n) is 7.10.